The van der Waals surface area contributed by atoms with Crippen LogP contribution in [-0.2, 0) is 10.7 Å². The number of ether oxygens (including phenoxy) is 1. The van der Waals surface area contributed by atoms with Crippen molar-refractivity contribution < 1.29 is 24.4 Å². The van der Waals surface area contributed by atoms with E-state index >= 15 is 0 Å². The summed E-state index contributed by atoms with van der Waals surface area (Å²) >= 11 is 0. The fourth-order valence-corrected chi connectivity index (χ4v) is 1.94. The van der Waals surface area contributed by atoms with Gasteiger partial charge in [-0.15, -0.1) is 0 Å². The Balaban J connectivity index is 2.62. The highest BCUT2D eigenvalue weighted by Gasteiger charge is 2.58. The Kier molecular flexibility index (Phi) is 3.31. The van der Waals surface area contributed by atoms with Gasteiger partial charge in [-0.3, -0.25) is 4.79 Å². The third kappa shape index (κ3) is 1.91. The van der Waals surface area contributed by atoms with Crippen molar-refractivity contribution in [2.75, 3.05) is 6.61 Å². The number of aromatic nitrogens is 2. The molecule has 4 N–H and O–H groups in total. The lowest BCUT2D eigenvalue weighted by molar-refractivity contribution is -0.241. The van der Waals surface area contributed by atoms with Crippen LogP contribution < -0.4 is 11.2 Å². The summed E-state index contributed by atoms with van der Waals surface area (Å²) in [6.45, 7) is 0.557. The quantitative estimate of drug-likeness (QED) is 0.475. The molecule has 1 fully saturated rings. The number of H-pyrrole nitrogens is 1. The van der Waals surface area contributed by atoms with Crippen LogP contribution >= 0.6 is 0 Å². The van der Waals surface area contributed by atoms with E-state index in [0.29, 0.717) is 0 Å². The number of aliphatic hydroxyl groups is 3. The van der Waals surface area contributed by atoms with Crippen LogP contribution in [0.25, 0.3) is 0 Å². The zero-order chi connectivity index (χ0) is 14.4. The van der Waals surface area contributed by atoms with E-state index in [1.54, 1.807) is 0 Å². The summed E-state index contributed by atoms with van der Waals surface area (Å²) in [6, 6.07) is 0. The highest BCUT2D eigenvalue weighted by molar-refractivity contribution is 5.05. The van der Waals surface area contributed by atoms with Gasteiger partial charge < -0.3 is 25.0 Å². The number of hydrogen-bond acceptors (Lipinski definition) is 6. The topological polar surface area (TPSA) is 125 Å². The van der Waals surface area contributed by atoms with Crippen molar-refractivity contribution in [1.82, 2.24) is 9.55 Å². The predicted octanol–water partition coefficient (Wildman–Crippen LogP) is -2.46. The lowest BCUT2D eigenvalue weighted by Gasteiger charge is -2.24. The van der Waals surface area contributed by atoms with Gasteiger partial charge in [-0.05, 0) is 6.92 Å². The first-order valence-corrected chi connectivity index (χ1v) is 5.48. The van der Waals surface area contributed by atoms with E-state index < -0.39 is 42.1 Å². The SMILES string of the molecule is Cc1c[nH]c(=O)n(C2(F)O[C@@H](CO)[C@H](O)[C@H]2O)c1=O. The Bertz CT molecular complexity index is 598. The Labute approximate surface area is 105 Å². The van der Waals surface area contributed by atoms with Gasteiger partial charge in [0.25, 0.3) is 5.56 Å². The third-order valence-electron chi connectivity index (χ3n) is 3.03. The summed E-state index contributed by atoms with van der Waals surface area (Å²) in [4.78, 5) is 25.5. The van der Waals surface area contributed by atoms with Gasteiger partial charge in [0, 0.05) is 11.8 Å². The van der Waals surface area contributed by atoms with E-state index in [2.05, 4.69) is 9.72 Å². The number of rotatable bonds is 2. The van der Waals surface area contributed by atoms with Crippen LogP contribution in [0.1, 0.15) is 5.56 Å². The van der Waals surface area contributed by atoms with Crippen molar-refractivity contribution in [2.24, 2.45) is 0 Å². The van der Waals surface area contributed by atoms with Crippen LogP contribution in [0.5, 0.6) is 0 Å². The molecule has 0 spiro atoms. The molecule has 0 amide bonds. The number of aryl methyl sites for hydroxylation is 1. The average Bonchev–Trinajstić information content (AvgIpc) is 2.59. The van der Waals surface area contributed by atoms with Gasteiger partial charge in [0.15, 0.2) is 6.10 Å². The van der Waals surface area contributed by atoms with Crippen molar-refractivity contribution in [3.8, 4) is 0 Å². The van der Waals surface area contributed by atoms with Gasteiger partial charge in [0.2, 0.25) is 0 Å². The zero-order valence-electron chi connectivity index (χ0n) is 9.91. The maximum absolute atomic E-state index is 14.6. The van der Waals surface area contributed by atoms with Crippen molar-refractivity contribution in [3.05, 3.63) is 32.6 Å². The molecule has 1 aromatic heterocycles. The monoisotopic (exact) mass is 276 g/mol. The molecule has 0 aromatic carbocycles. The Morgan fingerprint density at radius 3 is 2.68 bits per heavy atom. The van der Waals surface area contributed by atoms with E-state index in [0.717, 1.165) is 6.20 Å². The summed E-state index contributed by atoms with van der Waals surface area (Å²) in [5, 5.41) is 28.0. The van der Waals surface area contributed by atoms with Crippen LogP contribution in [0.15, 0.2) is 15.8 Å². The highest BCUT2D eigenvalue weighted by Crippen LogP contribution is 2.35. The number of aliphatic hydroxyl groups excluding tert-OH is 3. The first kappa shape index (κ1) is 13.9. The van der Waals surface area contributed by atoms with E-state index in [1.165, 1.54) is 6.92 Å². The van der Waals surface area contributed by atoms with Crippen LogP contribution in [0.4, 0.5) is 4.39 Å². The second-order valence-corrected chi connectivity index (χ2v) is 4.30. The van der Waals surface area contributed by atoms with Crippen molar-refractivity contribution in [1.29, 1.82) is 0 Å². The van der Waals surface area contributed by atoms with Gasteiger partial charge >= 0.3 is 11.7 Å². The molecule has 106 valence electrons. The zero-order valence-corrected chi connectivity index (χ0v) is 9.91. The number of nitrogens with one attached hydrogen (secondary N) is 1. The molecule has 1 saturated heterocycles. The van der Waals surface area contributed by atoms with Crippen LogP contribution in [0.3, 0.4) is 0 Å². The number of hydrogen-bond donors (Lipinski definition) is 4. The lowest BCUT2D eigenvalue weighted by Crippen LogP contribution is -2.53. The Hall–Kier alpha value is -1.55. The molecule has 0 bridgehead atoms. The molecule has 19 heavy (non-hydrogen) atoms. The molecule has 1 aliphatic rings. The minimum atomic E-state index is -3.23. The molecule has 0 aliphatic carbocycles. The van der Waals surface area contributed by atoms with E-state index in [-0.39, 0.29) is 10.1 Å². The Morgan fingerprint density at radius 2 is 2.16 bits per heavy atom. The first-order valence-electron chi connectivity index (χ1n) is 5.48. The van der Waals surface area contributed by atoms with E-state index in [4.69, 9.17) is 5.11 Å². The van der Waals surface area contributed by atoms with Gasteiger partial charge in [-0.25, -0.2) is 4.79 Å². The minimum Gasteiger partial charge on any atom is -0.394 e. The number of alkyl halides is 1. The largest absolute Gasteiger partial charge is 0.394 e. The fourth-order valence-electron chi connectivity index (χ4n) is 1.94. The normalized spacial score (nSPS) is 34.7. The maximum atomic E-state index is 14.6. The smallest absolute Gasteiger partial charge is 0.332 e. The third-order valence-corrected chi connectivity index (χ3v) is 3.03. The molecule has 0 radical (unpaired) electrons. The maximum Gasteiger partial charge on any atom is 0.332 e. The molecule has 2 heterocycles. The summed E-state index contributed by atoms with van der Waals surface area (Å²) in [6.07, 6.45) is -4.29. The van der Waals surface area contributed by atoms with Gasteiger partial charge in [0.05, 0.1) is 6.61 Å². The molecule has 1 aliphatic heterocycles. The van der Waals surface area contributed by atoms with Gasteiger partial charge in [-0.1, -0.05) is 0 Å². The standard InChI is InChI=1S/C10H13FN2O6/c1-4-2-12-9(18)13(8(4)17)10(11)7(16)6(15)5(3-14)19-10/h2,5-7,14-16H,3H2,1H3,(H,12,18)/t5-,6-,7+,10?/m0/s1. The van der Waals surface area contributed by atoms with Gasteiger partial charge in [-0.2, -0.15) is 8.96 Å². The highest BCUT2D eigenvalue weighted by atomic mass is 19.2. The second kappa shape index (κ2) is 4.53. The molecule has 1 unspecified atom stereocenters. The molecule has 0 saturated carbocycles. The summed E-state index contributed by atoms with van der Waals surface area (Å²) in [7, 11) is 0. The number of aromatic amines is 1. The summed E-state index contributed by atoms with van der Waals surface area (Å²) < 4.78 is 19.3. The molecule has 9 heteroatoms. The number of nitrogens with zero attached hydrogens (tertiary/aromatic N) is 1. The fraction of sp³-hybridized carbons (Fsp3) is 0.600. The molecule has 2 rings (SSSR count). The van der Waals surface area contributed by atoms with Crippen LogP contribution in [-0.4, -0.2) is 49.8 Å². The average molecular weight is 276 g/mol. The van der Waals surface area contributed by atoms with E-state index in [9.17, 15) is 24.2 Å². The second-order valence-electron chi connectivity index (χ2n) is 4.30. The minimum absolute atomic E-state index is 0.0226. The predicted molar refractivity (Wildman–Crippen MR) is 59.1 cm³/mol. The van der Waals surface area contributed by atoms with Crippen molar-refractivity contribution in [3.63, 3.8) is 0 Å². The molecular formula is C10H13FN2O6. The number of halogens is 1. The molecule has 8 nitrogen and oxygen atoms in total. The lowest BCUT2D eigenvalue weighted by atomic mass is 10.1. The molecule has 1 aromatic rings. The molecular weight excluding hydrogens is 263 g/mol. The van der Waals surface area contributed by atoms with Crippen molar-refractivity contribution >= 4 is 0 Å². The summed E-state index contributed by atoms with van der Waals surface area (Å²) in [5.74, 6) is -3.23. The summed E-state index contributed by atoms with van der Waals surface area (Å²) in [5.41, 5.74) is -2.12. The van der Waals surface area contributed by atoms with Crippen LogP contribution in [0.2, 0.25) is 0 Å². The first-order chi connectivity index (χ1) is 8.82. The van der Waals surface area contributed by atoms with Gasteiger partial charge in [0.1, 0.15) is 12.2 Å². The molecule has 4 atom stereocenters. The van der Waals surface area contributed by atoms with Crippen molar-refractivity contribution in [2.45, 2.75) is 31.2 Å². The van der Waals surface area contributed by atoms with E-state index in [1.807, 2.05) is 0 Å². The Morgan fingerprint density at radius 1 is 1.53 bits per heavy atom. The van der Waals surface area contributed by atoms with Crippen LogP contribution in [0, 0.1) is 6.92 Å².